The summed E-state index contributed by atoms with van der Waals surface area (Å²) in [6.45, 7) is 2.34. The van der Waals surface area contributed by atoms with Crippen molar-refractivity contribution in [2.75, 3.05) is 34.4 Å². The van der Waals surface area contributed by atoms with Gasteiger partial charge < -0.3 is 14.2 Å². The molecule has 0 N–H and O–H groups in total. The third-order valence-corrected chi connectivity index (χ3v) is 5.40. The van der Waals surface area contributed by atoms with Gasteiger partial charge in [0.2, 0.25) is 5.75 Å². The van der Waals surface area contributed by atoms with E-state index in [1.54, 1.807) is 33.5 Å². The van der Waals surface area contributed by atoms with Crippen LogP contribution in [0.3, 0.4) is 0 Å². The minimum atomic E-state index is -0.0293. The van der Waals surface area contributed by atoms with Crippen LogP contribution in [0.2, 0.25) is 5.02 Å². The average Bonchev–Trinajstić information content (AvgIpc) is 2.72. The third kappa shape index (κ3) is 4.42. The van der Waals surface area contributed by atoms with Crippen molar-refractivity contribution in [3.63, 3.8) is 0 Å². The number of carbonyl (C=O) groups is 1. The van der Waals surface area contributed by atoms with E-state index in [2.05, 4.69) is 4.90 Å². The van der Waals surface area contributed by atoms with E-state index in [0.717, 1.165) is 24.9 Å². The van der Waals surface area contributed by atoms with Gasteiger partial charge in [-0.3, -0.25) is 9.69 Å². The van der Waals surface area contributed by atoms with Gasteiger partial charge >= 0.3 is 0 Å². The largest absolute Gasteiger partial charge is 0.493 e. The SMILES string of the molecule is COc1ccc(CN2CCC[C@@H](C(=O)c3cccc(Cl)c3)C2)c(OC)c1OC. The van der Waals surface area contributed by atoms with Crippen molar-refractivity contribution < 1.29 is 19.0 Å². The Hall–Kier alpha value is -2.24. The summed E-state index contributed by atoms with van der Waals surface area (Å²) in [5.74, 6) is 2.02. The first kappa shape index (κ1) is 20.5. The Morgan fingerprint density at radius 2 is 1.89 bits per heavy atom. The summed E-state index contributed by atoms with van der Waals surface area (Å²) in [5, 5.41) is 0.591. The van der Waals surface area contributed by atoms with Gasteiger partial charge in [0.15, 0.2) is 17.3 Å². The Labute approximate surface area is 171 Å². The van der Waals surface area contributed by atoms with Gasteiger partial charge in [-0.15, -0.1) is 0 Å². The van der Waals surface area contributed by atoms with E-state index in [9.17, 15) is 4.79 Å². The lowest BCUT2D eigenvalue weighted by Gasteiger charge is -2.32. The van der Waals surface area contributed by atoms with E-state index in [1.807, 2.05) is 24.3 Å². The summed E-state index contributed by atoms with van der Waals surface area (Å²) < 4.78 is 16.4. The van der Waals surface area contributed by atoms with Gasteiger partial charge in [0.25, 0.3) is 0 Å². The molecule has 0 radical (unpaired) electrons. The second kappa shape index (κ2) is 9.30. The molecular weight excluding hydrogens is 378 g/mol. The molecular formula is C22H26ClNO4. The van der Waals surface area contributed by atoms with Crippen LogP contribution in [-0.2, 0) is 6.54 Å². The highest BCUT2D eigenvalue weighted by Gasteiger charge is 2.28. The molecule has 2 aromatic carbocycles. The Balaban J connectivity index is 1.76. The fraction of sp³-hybridized carbons (Fsp3) is 0.409. The van der Waals surface area contributed by atoms with E-state index in [1.165, 1.54) is 0 Å². The highest BCUT2D eigenvalue weighted by molar-refractivity contribution is 6.31. The predicted octanol–water partition coefficient (Wildman–Crippen LogP) is 4.46. The minimum Gasteiger partial charge on any atom is -0.493 e. The molecule has 3 rings (SSSR count). The molecule has 6 heteroatoms. The molecule has 0 spiro atoms. The van der Waals surface area contributed by atoms with Crippen molar-refractivity contribution in [3.8, 4) is 17.2 Å². The van der Waals surface area contributed by atoms with Gasteiger partial charge in [0.05, 0.1) is 21.3 Å². The van der Waals surface area contributed by atoms with Crippen LogP contribution in [0.5, 0.6) is 17.2 Å². The van der Waals surface area contributed by atoms with Crippen molar-refractivity contribution in [1.29, 1.82) is 0 Å². The normalized spacial score (nSPS) is 17.2. The number of hydrogen-bond acceptors (Lipinski definition) is 5. The zero-order valence-corrected chi connectivity index (χ0v) is 17.3. The molecule has 1 fully saturated rings. The van der Waals surface area contributed by atoms with E-state index in [-0.39, 0.29) is 11.7 Å². The number of nitrogens with zero attached hydrogens (tertiary/aromatic N) is 1. The Morgan fingerprint density at radius 3 is 2.57 bits per heavy atom. The molecule has 2 aromatic rings. The number of ketones is 1. The molecule has 28 heavy (non-hydrogen) atoms. The van der Waals surface area contributed by atoms with Gasteiger partial charge in [-0.05, 0) is 37.6 Å². The van der Waals surface area contributed by atoms with E-state index < -0.39 is 0 Å². The van der Waals surface area contributed by atoms with Gasteiger partial charge in [-0.2, -0.15) is 0 Å². The quantitative estimate of drug-likeness (QED) is 0.639. The number of ether oxygens (including phenoxy) is 3. The highest BCUT2D eigenvalue weighted by atomic mass is 35.5. The molecule has 0 bridgehead atoms. The zero-order valence-electron chi connectivity index (χ0n) is 16.5. The number of benzene rings is 2. The fourth-order valence-corrected chi connectivity index (χ4v) is 4.01. The molecule has 1 aliphatic rings. The molecule has 150 valence electrons. The zero-order chi connectivity index (χ0) is 20.1. The van der Waals surface area contributed by atoms with Crippen molar-refractivity contribution in [3.05, 3.63) is 52.5 Å². The Morgan fingerprint density at radius 1 is 1.11 bits per heavy atom. The maximum absolute atomic E-state index is 12.9. The summed E-state index contributed by atoms with van der Waals surface area (Å²) in [5.41, 5.74) is 1.69. The number of Topliss-reactive ketones (excluding diaryl/α,β-unsaturated/α-hetero) is 1. The molecule has 0 saturated carbocycles. The van der Waals surface area contributed by atoms with Crippen molar-refractivity contribution in [2.24, 2.45) is 5.92 Å². The molecule has 1 heterocycles. The Kier molecular flexibility index (Phi) is 6.81. The van der Waals surface area contributed by atoms with Crippen LogP contribution in [0.15, 0.2) is 36.4 Å². The van der Waals surface area contributed by atoms with Gasteiger partial charge in [-0.25, -0.2) is 0 Å². The van der Waals surface area contributed by atoms with Crippen LogP contribution < -0.4 is 14.2 Å². The first-order valence-electron chi connectivity index (χ1n) is 9.37. The van der Waals surface area contributed by atoms with Crippen molar-refractivity contribution in [1.82, 2.24) is 4.90 Å². The maximum atomic E-state index is 12.9. The van der Waals surface area contributed by atoms with Gasteiger partial charge in [0.1, 0.15) is 0 Å². The second-order valence-electron chi connectivity index (χ2n) is 6.94. The smallest absolute Gasteiger partial charge is 0.203 e. The second-order valence-corrected chi connectivity index (χ2v) is 7.38. The minimum absolute atomic E-state index is 0.0293. The van der Waals surface area contributed by atoms with Gasteiger partial charge in [-0.1, -0.05) is 29.8 Å². The van der Waals surface area contributed by atoms with E-state index in [4.69, 9.17) is 25.8 Å². The molecule has 1 saturated heterocycles. The number of carbonyl (C=O) groups excluding carboxylic acids is 1. The van der Waals surface area contributed by atoms with E-state index >= 15 is 0 Å². The summed E-state index contributed by atoms with van der Waals surface area (Å²) in [6.07, 6.45) is 1.87. The van der Waals surface area contributed by atoms with Crippen LogP contribution in [0.25, 0.3) is 0 Å². The molecule has 5 nitrogen and oxygen atoms in total. The number of rotatable bonds is 7. The number of halogens is 1. The lowest BCUT2D eigenvalue weighted by atomic mass is 9.90. The standard InChI is InChI=1S/C22H26ClNO4/c1-26-19-10-9-17(21(27-2)22(19)28-3)14-24-11-5-7-16(13-24)20(25)15-6-4-8-18(23)12-15/h4,6,8-10,12,16H,5,7,11,13-14H2,1-3H3/t16-/m1/s1. The summed E-state index contributed by atoms with van der Waals surface area (Å²) >= 11 is 6.05. The molecule has 1 aliphatic heterocycles. The number of piperidine rings is 1. The maximum Gasteiger partial charge on any atom is 0.203 e. The third-order valence-electron chi connectivity index (χ3n) is 5.17. The molecule has 0 aliphatic carbocycles. The summed E-state index contributed by atoms with van der Waals surface area (Å²) in [4.78, 5) is 15.2. The molecule has 0 amide bonds. The van der Waals surface area contributed by atoms with Crippen LogP contribution >= 0.6 is 11.6 Å². The number of likely N-dealkylation sites (tertiary alicyclic amines) is 1. The lowest BCUT2D eigenvalue weighted by molar-refractivity contribution is 0.0810. The summed E-state index contributed by atoms with van der Waals surface area (Å²) in [7, 11) is 4.83. The lowest BCUT2D eigenvalue weighted by Crippen LogP contribution is -2.38. The van der Waals surface area contributed by atoms with Crippen LogP contribution in [0.1, 0.15) is 28.8 Å². The van der Waals surface area contributed by atoms with Crippen LogP contribution in [0.4, 0.5) is 0 Å². The number of hydrogen-bond donors (Lipinski definition) is 0. The predicted molar refractivity (Wildman–Crippen MR) is 110 cm³/mol. The van der Waals surface area contributed by atoms with Gasteiger partial charge in [0, 0.05) is 35.2 Å². The topological polar surface area (TPSA) is 48.0 Å². The van der Waals surface area contributed by atoms with Crippen molar-refractivity contribution >= 4 is 17.4 Å². The van der Waals surface area contributed by atoms with Crippen molar-refractivity contribution in [2.45, 2.75) is 19.4 Å². The monoisotopic (exact) mass is 403 g/mol. The highest BCUT2D eigenvalue weighted by Crippen LogP contribution is 2.40. The first-order valence-corrected chi connectivity index (χ1v) is 9.75. The first-order chi connectivity index (χ1) is 13.6. The Bertz CT molecular complexity index is 839. The average molecular weight is 404 g/mol. The van der Waals surface area contributed by atoms with Crippen LogP contribution in [-0.4, -0.2) is 45.1 Å². The summed E-state index contributed by atoms with van der Waals surface area (Å²) in [6, 6.07) is 11.1. The molecule has 0 aromatic heterocycles. The molecule has 0 unspecified atom stereocenters. The number of methoxy groups -OCH3 is 3. The fourth-order valence-electron chi connectivity index (χ4n) is 3.82. The molecule has 1 atom stereocenters. The van der Waals surface area contributed by atoms with E-state index in [0.29, 0.717) is 40.9 Å². The van der Waals surface area contributed by atoms with Crippen LogP contribution in [0, 0.1) is 5.92 Å².